The van der Waals surface area contributed by atoms with Crippen LogP contribution in [0, 0.1) is 17.1 Å². The Morgan fingerprint density at radius 3 is 2.68 bits per heavy atom. The minimum absolute atomic E-state index is 0.0337. The molecule has 1 aliphatic carbocycles. The van der Waals surface area contributed by atoms with Gasteiger partial charge in [0.15, 0.2) is 0 Å². The molecule has 1 heterocycles. The van der Waals surface area contributed by atoms with Crippen molar-refractivity contribution in [3.05, 3.63) is 58.9 Å². The fraction of sp³-hybridized carbons (Fsp3) is 0.304. The first-order valence-corrected chi connectivity index (χ1v) is 10.7. The second kappa shape index (κ2) is 7.75. The van der Waals surface area contributed by atoms with Gasteiger partial charge in [0.25, 0.3) is 0 Å². The monoisotopic (exact) mass is 436 g/mol. The van der Waals surface area contributed by atoms with Crippen LogP contribution in [0.2, 0.25) is 0 Å². The Morgan fingerprint density at radius 2 is 2.00 bits per heavy atom. The number of halogens is 1. The highest BCUT2D eigenvalue weighted by molar-refractivity contribution is 7.17. The van der Waals surface area contributed by atoms with Gasteiger partial charge in [-0.3, -0.25) is 4.90 Å². The molecule has 2 aromatic carbocycles. The highest BCUT2D eigenvalue weighted by Gasteiger charge is 2.38. The molecule has 0 aliphatic heterocycles. The number of carboxylic acid groups (broad SMARTS) is 1. The van der Waals surface area contributed by atoms with Gasteiger partial charge in [-0.05, 0) is 62.9 Å². The third-order valence-electron chi connectivity index (χ3n) is 5.47. The third-order valence-corrected chi connectivity index (χ3v) is 6.47. The zero-order valence-electron chi connectivity index (χ0n) is 17.4. The van der Waals surface area contributed by atoms with Gasteiger partial charge in [-0.2, -0.15) is 5.26 Å². The van der Waals surface area contributed by atoms with Crippen LogP contribution in [0.4, 0.5) is 9.18 Å². The molecule has 8 heteroatoms. The van der Waals surface area contributed by atoms with Crippen LogP contribution in [0.1, 0.15) is 49.9 Å². The lowest BCUT2D eigenvalue weighted by Gasteiger charge is -2.38. The maximum absolute atomic E-state index is 13.6. The number of aromatic nitrogens is 2. The Hall–Kier alpha value is -3.31. The van der Waals surface area contributed by atoms with Crippen molar-refractivity contribution in [2.75, 3.05) is 0 Å². The van der Waals surface area contributed by atoms with Gasteiger partial charge in [0, 0.05) is 16.7 Å². The molecule has 0 saturated carbocycles. The molecule has 0 bridgehead atoms. The summed E-state index contributed by atoms with van der Waals surface area (Å²) in [6, 6.07) is 11.8. The number of benzene rings is 2. The van der Waals surface area contributed by atoms with Crippen molar-refractivity contribution < 1.29 is 14.3 Å². The Kier molecular flexibility index (Phi) is 5.23. The molecule has 0 saturated heterocycles. The maximum Gasteiger partial charge on any atom is 0.408 e. The van der Waals surface area contributed by atoms with Crippen molar-refractivity contribution in [1.29, 1.82) is 5.26 Å². The van der Waals surface area contributed by atoms with Crippen LogP contribution in [0.5, 0.6) is 0 Å². The summed E-state index contributed by atoms with van der Waals surface area (Å²) in [5, 5.41) is 28.8. The topological polar surface area (TPSA) is 90.1 Å². The number of hydrogen-bond acceptors (Lipinski definition) is 5. The standard InChI is InChI=1S/C23H21FN4O2S/c1-23(2,3)28(22(29)30)19-10-8-15-16(19)5-4-6-17(15)21-27-26-20(31-21)13-7-9-18(24)14(11-13)12-25/h4-7,9,11,19H,8,10H2,1-3H3,(H,29,30). The predicted molar refractivity (Wildman–Crippen MR) is 116 cm³/mol. The second-order valence-corrected chi connectivity index (χ2v) is 9.45. The zero-order chi connectivity index (χ0) is 22.3. The molecular weight excluding hydrogens is 415 g/mol. The van der Waals surface area contributed by atoms with Gasteiger partial charge in [-0.25, -0.2) is 9.18 Å². The van der Waals surface area contributed by atoms with Crippen LogP contribution in [0.15, 0.2) is 36.4 Å². The molecule has 1 N–H and O–H groups in total. The molecule has 158 valence electrons. The summed E-state index contributed by atoms with van der Waals surface area (Å²) in [5.41, 5.74) is 3.10. The number of fused-ring (bicyclic) bond motifs is 1. The molecule has 0 radical (unpaired) electrons. The fourth-order valence-corrected chi connectivity index (χ4v) is 5.07. The average molecular weight is 437 g/mol. The number of hydrogen-bond donors (Lipinski definition) is 1. The number of carbonyl (C=O) groups is 1. The van der Waals surface area contributed by atoms with Crippen molar-refractivity contribution in [1.82, 2.24) is 15.1 Å². The van der Waals surface area contributed by atoms with E-state index in [1.165, 1.54) is 28.4 Å². The highest BCUT2D eigenvalue weighted by Crippen LogP contribution is 2.44. The van der Waals surface area contributed by atoms with Gasteiger partial charge in [0.05, 0.1) is 11.6 Å². The summed E-state index contributed by atoms with van der Waals surface area (Å²) in [4.78, 5) is 13.5. The third kappa shape index (κ3) is 3.77. The number of nitrogens with zero attached hydrogens (tertiary/aromatic N) is 4. The van der Waals surface area contributed by atoms with Crippen LogP contribution >= 0.6 is 11.3 Å². The van der Waals surface area contributed by atoms with Crippen LogP contribution < -0.4 is 0 Å². The van der Waals surface area contributed by atoms with Gasteiger partial charge in [0.1, 0.15) is 21.9 Å². The van der Waals surface area contributed by atoms with E-state index in [9.17, 15) is 14.3 Å². The molecule has 6 nitrogen and oxygen atoms in total. The molecule has 4 rings (SSSR count). The Balaban J connectivity index is 1.72. The smallest absolute Gasteiger partial charge is 0.408 e. The first-order valence-electron chi connectivity index (χ1n) is 9.88. The predicted octanol–water partition coefficient (Wildman–Crippen LogP) is 5.65. The van der Waals surface area contributed by atoms with E-state index in [2.05, 4.69) is 10.2 Å². The van der Waals surface area contributed by atoms with Crippen LogP contribution in [0.3, 0.4) is 0 Å². The van der Waals surface area contributed by atoms with Crippen LogP contribution in [-0.2, 0) is 6.42 Å². The van der Waals surface area contributed by atoms with Crippen molar-refractivity contribution >= 4 is 17.4 Å². The summed E-state index contributed by atoms with van der Waals surface area (Å²) in [7, 11) is 0. The summed E-state index contributed by atoms with van der Waals surface area (Å²) in [6.07, 6.45) is 0.532. The maximum atomic E-state index is 13.6. The van der Waals surface area contributed by atoms with Crippen molar-refractivity contribution in [3.8, 4) is 27.2 Å². The molecule has 3 aromatic rings. The molecular formula is C23H21FN4O2S. The Labute approximate surface area is 183 Å². The van der Waals surface area contributed by atoms with E-state index in [0.29, 0.717) is 22.0 Å². The van der Waals surface area contributed by atoms with E-state index in [1.807, 2.05) is 45.0 Å². The first-order chi connectivity index (χ1) is 14.7. The lowest BCUT2D eigenvalue weighted by atomic mass is 9.98. The van der Waals surface area contributed by atoms with Crippen molar-refractivity contribution in [2.24, 2.45) is 0 Å². The minimum atomic E-state index is -0.932. The van der Waals surface area contributed by atoms with E-state index in [4.69, 9.17) is 5.26 Å². The van der Waals surface area contributed by atoms with Crippen LogP contribution in [0.25, 0.3) is 21.1 Å². The molecule has 31 heavy (non-hydrogen) atoms. The van der Waals surface area contributed by atoms with E-state index >= 15 is 0 Å². The summed E-state index contributed by atoms with van der Waals surface area (Å²) < 4.78 is 13.6. The molecule has 1 atom stereocenters. The first kappa shape index (κ1) is 20.9. The summed E-state index contributed by atoms with van der Waals surface area (Å²) in [6.45, 7) is 5.70. The number of nitriles is 1. The molecule has 1 aromatic heterocycles. The van der Waals surface area contributed by atoms with Gasteiger partial charge in [-0.15, -0.1) is 10.2 Å². The van der Waals surface area contributed by atoms with Crippen molar-refractivity contribution in [2.45, 2.75) is 45.2 Å². The van der Waals surface area contributed by atoms with E-state index < -0.39 is 17.4 Å². The second-order valence-electron chi connectivity index (χ2n) is 8.47. The normalized spacial score (nSPS) is 15.4. The Morgan fingerprint density at radius 1 is 1.26 bits per heavy atom. The average Bonchev–Trinajstić information content (AvgIpc) is 3.35. The molecule has 0 spiro atoms. The minimum Gasteiger partial charge on any atom is -0.465 e. The largest absolute Gasteiger partial charge is 0.465 e. The molecule has 1 aliphatic rings. The van der Waals surface area contributed by atoms with E-state index in [0.717, 1.165) is 23.1 Å². The SMILES string of the molecule is CC(C)(C)N(C(=O)O)C1CCc2c(-c3nnc(-c4ccc(F)c(C#N)c4)s3)cccc21. The number of amides is 1. The van der Waals surface area contributed by atoms with Gasteiger partial charge in [0.2, 0.25) is 0 Å². The molecule has 1 unspecified atom stereocenters. The summed E-state index contributed by atoms with van der Waals surface area (Å²) in [5.74, 6) is -0.565. The quantitative estimate of drug-likeness (QED) is 0.573. The van der Waals surface area contributed by atoms with Gasteiger partial charge >= 0.3 is 6.09 Å². The summed E-state index contributed by atoms with van der Waals surface area (Å²) >= 11 is 1.37. The van der Waals surface area contributed by atoms with Gasteiger partial charge in [-0.1, -0.05) is 29.5 Å². The van der Waals surface area contributed by atoms with Gasteiger partial charge < -0.3 is 5.11 Å². The molecule has 1 amide bonds. The molecule has 0 fully saturated rings. The highest BCUT2D eigenvalue weighted by atomic mass is 32.1. The lowest BCUT2D eigenvalue weighted by Crippen LogP contribution is -2.46. The lowest BCUT2D eigenvalue weighted by molar-refractivity contribution is 0.0701. The zero-order valence-corrected chi connectivity index (χ0v) is 18.2. The Bertz CT molecular complexity index is 1210. The fourth-order valence-electron chi connectivity index (χ4n) is 4.18. The van der Waals surface area contributed by atoms with E-state index in [-0.39, 0.29) is 11.6 Å². The van der Waals surface area contributed by atoms with E-state index in [1.54, 1.807) is 6.07 Å². The van der Waals surface area contributed by atoms with Crippen LogP contribution in [-0.4, -0.2) is 31.8 Å². The van der Waals surface area contributed by atoms with Crippen molar-refractivity contribution in [3.63, 3.8) is 0 Å². The number of rotatable bonds is 3.